The van der Waals surface area contributed by atoms with E-state index in [1.807, 2.05) is 12.3 Å². The van der Waals surface area contributed by atoms with Crippen molar-refractivity contribution in [3.05, 3.63) is 24.2 Å². The average molecular weight is 316 g/mol. The van der Waals surface area contributed by atoms with Crippen molar-refractivity contribution < 1.29 is 0 Å². The summed E-state index contributed by atoms with van der Waals surface area (Å²) in [4.78, 5) is 12.0. The second-order valence-corrected chi connectivity index (χ2v) is 7.78. The highest BCUT2D eigenvalue weighted by atomic mass is 32.2. The van der Waals surface area contributed by atoms with Crippen molar-refractivity contribution >= 4 is 22.9 Å². The standard InChI is InChI=1S/C17H24N4S/c1-20-9-3-7-16(20)21-15(11-13-5-4-10-22-12-13)19-14-6-2-8-18-17(14)21/h2,6,8,13,16H,3-5,7,9-12H2,1H3. The highest BCUT2D eigenvalue weighted by molar-refractivity contribution is 7.99. The molecule has 2 atom stereocenters. The predicted octanol–water partition coefficient (Wildman–Crippen LogP) is 3.34. The third kappa shape index (κ3) is 2.65. The Hall–Kier alpha value is -1.07. The number of hydrogen-bond donors (Lipinski definition) is 0. The van der Waals surface area contributed by atoms with Crippen LogP contribution in [0.25, 0.3) is 11.2 Å². The minimum Gasteiger partial charge on any atom is -0.296 e. The van der Waals surface area contributed by atoms with E-state index in [2.05, 4.69) is 39.3 Å². The molecule has 4 heterocycles. The minimum atomic E-state index is 0.436. The van der Waals surface area contributed by atoms with Crippen LogP contribution in [-0.2, 0) is 6.42 Å². The van der Waals surface area contributed by atoms with Crippen LogP contribution in [-0.4, -0.2) is 44.5 Å². The first-order chi connectivity index (χ1) is 10.8. The second kappa shape index (κ2) is 6.20. The molecule has 0 saturated carbocycles. The molecule has 0 N–H and O–H groups in total. The van der Waals surface area contributed by atoms with Crippen molar-refractivity contribution in [1.82, 2.24) is 19.4 Å². The zero-order valence-electron chi connectivity index (χ0n) is 13.2. The van der Waals surface area contributed by atoms with E-state index in [1.165, 1.54) is 49.6 Å². The van der Waals surface area contributed by atoms with Gasteiger partial charge in [-0.1, -0.05) is 0 Å². The molecule has 118 valence electrons. The van der Waals surface area contributed by atoms with Gasteiger partial charge in [0.15, 0.2) is 5.65 Å². The highest BCUT2D eigenvalue weighted by Crippen LogP contribution is 2.32. The van der Waals surface area contributed by atoms with Crippen LogP contribution in [0.4, 0.5) is 0 Å². The van der Waals surface area contributed by atoms with E-state index in [1.54, 1.807) is 0 Å². The average Bonchev–Trinajstić information content (AvgIpc) is 3.11. The molecular formula is C17H24N4S. The Balaban J connectivity index is 1.72. The van der Waals surface area contributed by atoms with Gasteiger partial charge in [0, 0.05) is 12.6 Å². The quantitative estimate of drug-likeness (QED) is 0.870. The van der Waals surface area contributed by atoms with Crippen LogP contribution < -0.4 is 0 Å². The zero-order valence-corrected chi connectivity index (χ0v) is 14.1. The van der Waals surface area contributed by atoms with Gasteiger partial charge in [-0.15, -0.1) is 0 Å². The lowest BCUT2D eigenvalue weighted by Gasteiger charge is -2.26. The van der Waals surface area contributed by atoms with Crippen LogP contribution in [0, 0.1) is 5.92 Å². The van der Waals surface area contributed by atoms with E-state index in [-0.39, 0.29) is 0 Å². The first-order valence-corrected chi connectivity index (χ1v) is 9.58. The fourth-order valence-electron chi connectivity index (χ4n) is 3.88. The summed E-state index contributed by atoms with van der Waals surface area (Å²) in [5.74, 6) is 4.65. The molecule has 2 aromatic heterocycles. The van der Waals surface area contributed by atoms with Crippen LogP contribution in [0.2, 0.25) is 0 Å². The summed E-state index contributed by atoms with van der Waals surface area (Å²) >= 11 is 2.10. The Kier molecular flexibility index (Phi) is 4.09. The van der Waals surface area contributed by atoms with E-state index in [0.717, 1.165) is 23.5 Å². The van der Waals surface area contributed by atoms with E-state index in [4.69, 9.17) is 4.98 Å². The van der Waals surface area contributed by atoms with Gasteiger partial charge in [-0.2, -0.15) is 11.8 Å². The van der Waals surface area contributed by atoms with Gasteiger partial charge in [0.25, 0.3) is 0 Å². The summed E-state index contributed by atoms with van der Waals surface area (Å²) in [6, 6.07) is 4.10. The van der Waals surface area contributed by atoms with Crippen LogP contribution in [0.3, 0.4) is 0 Å². The number of thioether (sulfide) groups is 1. The Bertz CT molecular complexity index is 647. The molecule has 2 aromatic rings. The van der Waals surface area contributed by atoms with E-state index < -0.39 is 0 Å². The fraction of sp³-hybridized carbons (Fsp3) is 0.647. The van der Waals surface area contributed by atoms with E-state index in [9.17, 15) is 0 Å². The number of hydrogen-bond acceptors (Lipinski definition) is 4. The molecule has 2 unspecified atom stereocenters. The smallest absolute Gasteiger partial charge is 0.161 e. The molecule has 2 saturated heterocycles. The van der Waals surface area contributed by atoms with Gasteiger partial charge < -0.3 is 0 Å². The summed E-state index contributed by atoms with van der Waals surface area (Å²) in [7, 11) is 2.23. The molecule has 0 radical (unpaired) electrons. The number of pyridine rings is 1. The van der Waals surface area contributed by atoms with Gasteiger partial charge in [-0.3, -0.25) is 9.47 Å². The van der Waals surface area contributed by atoms with Gasteiger partial charge in [-0.25, -0.2) is 9.97 Å². The monoisotopic (exact) mass is 316 g/mol. The molecular weight excluding hydrogens is 292 g/mol. The minimum absolute atomic E-state index is 0.436. The fourth-order valence-corrected chi connectivity index (χ4v) is 5.03. The number of likely N-dealkylation sites (tertiary alicyclic amines) is 1. The van der Waals surface area contributed by atoms with Crippen LogP contribution in [0.15, 0.2) is 18.3 Å². The van der Waals surface area contributed by atoms with Crippen LogP contribution >= 0.6 is 11.8 Å². The van der Waals surface area contributed by atoms with Crippen molar-refractivity contribution in [2.45, 2.75) is 38.3 Å². The normalized spacial score (nSPS) is 26.8. The maximum atomic E-state index is 4.95. The molecule has 4 rings (SSSR count). The van der Waals surface area contributed by atoms with Crippen molar-refractivity contribution in [3.8, 4) is 0 Å². The Morgan fingerprint density at radius 1 is 1.32 bits per heavy atom. The lowest BCUT2D eigenvalue weighted by Crippen LogP contribution is -2.26. The van der Waals surface area contributed by atoms with Crippen molar-refractivity contribution in [2.75, 3.05) is 25.1 Å². The number of rotatable bonds is 3. The van der Waals surface area contributed by atoms with Crippen molar-refractivity contribution in [1.29, 1.82) is 0 Å². The molecule has 2 fully saturated rings. The summed E-state index contributed by atoms with van der Waals surface area (Å²) < 4.78 is 2.43. The number of imidazole rings is 1. The highest BCUT2D eigenvalue weighted by Gasteiger charge is 2.28. The molecule has 5 heteroatoms. The third-order valence-electron chi connectivity index (χ3n) is 5.03. The lowest BCUT2D eigenvalue weighted by atomic mass is 10.0. The summed E-state index contributed by atoms with van der Waals surface area (Å²) in [6.45, 7) is 1.18. The van der Waals surface area contributed by atoms with Crippen LogP contribution in [0.5, 0.6) is 0 Å². The molecule has 0 aromatic carbocycles. The van der Waals surface area contributed by atoms with Gasteiger partial charge >= 0.3 is 0 Å². The number of fused-ring (bicyclic) bond motifs is 1. The first-order valence-electron chi connectivity index (χ1n) is 8.43. The molecule has 0 bridgehead atoms. The summed E-state index contributed by atoms with van der Waals surface area (Å²) in [5, 5.41) is 0. The largest absolute Gasteiger partial charge is 0.296 e. The number of aromatic nitrogens is 3. The van der Waals surface area contributed by atoms with Gasteiger partial charge in [0.2, 0.25) is 0 Å². The second-order valence-electron chi connectivity index (χ2n) is 6.63. The first kappa shape index (κ1) is 14.5. The Morgan fingerprint density at radius 2 is 2.27 bits per heavy atom. The third-order valence-corrected chi connectivity index (χ3v) is 6.31. The predicted molar refractivity (Wildman–Crippen MR) is 92.2 cm³/mol. The van der Waals surface area contributed by atoms with Gasteiger partial charge in [0.05, 0.1) is 6.17 Å². The van der Waals surface area contributed by atoms with Crippen molar-refractivity contribution in [2.24, 2.45) is 5.92 Å². The van der Waals surface area contributed by atoms with Gasteiger partial charge in [-0.05, 0) is 68.8 Å². The lowest BCUT2D eigenvalue weighted by molar-refractivity contribution is 0.235. The molecule has 0 amide bonds. The molecule has 22 heavy (non-hydrogen) atoms. The maximum absolute atomic E-state index is 4.95. The maximum Gasteiger partial charge on any atom is 0.161 e. The number of nitrogens with zero attached hydrogens (tertiary/aromatic N) is 4. The molecule has 2 aliphatic rings. The molecule has 0 spiro atoms. The van der Waals surface area contributed by atoms with Crippen LogP contribution in [0.1, 0.15) is 37.7 Å². The summed E-state index contributed by atoms with van der Waals surface area (Å²) in [5.41, 5.74) is 2.13. The Labute approximate surface area is 136 Å². The van der Waals surface area contributed by atoms with E-state index >= 15 is 0 Å². The van der Waals surface area contributed by atoms with Gasteiger partial charge in [0.1, 0.15) is 11.3 Å². The molecule has 0 aliphatic carbocycles. The zero-order chi connectivity index (χ0) is 14.9. The SMILES string of the molecule is CN1CCCC1n1c(CC2CCCSC2)nc2cccnc21. The topological polar surface area (TPSA) is 34.0 Å². The molecule has 4 nitrogen and oxygen atoms in total. The summed E-state index contributed by atoms with van der Waals surface area (Å²) in [6.07, 6.45) is 8.63. The molecule has 2 aliphatic heterocycles. The van der Waals surface area contributed by atoms with Crippen molar-refractivity contribution in [3.63, 3.8) is 0 Å². The Morgan fingerprint density at radius 3 is 3.05 bits per heavy atom. The van der Waals surface area contributed by atoms with E-state index in [0.29, 0.717) is 6.17 Å².